The van der Waals surface area contributed by atoms with E-state index in [4.69, 9.17) is 0 Å². The van der Waals surface area contributed by atoms with E-state index in [1.165, 1.54) is 19.3 Å². The Morgan fingerprint density at radius 1 is 1.15 bits per heavy atom. The van der Waals surface area contributed by atoms with Crippen LogP contribution in [0.3, 0.4) is 0 Å². The number of carboxylic acids is 1. The molecular weight excluding hydrogens is 356 g/mol. The Hall–Kier alpha value is -0.220. The van der Waals surface area contributed by atoms with E-state index < -0.39 is 17.0 Å². The summed E-state index contributed by atoms with van der Waals surface area (Å²) in [6.07, 6.45) is 9.70. The van der Waals surface area contributed by atoms with Crippen molar-refractivity contribution >= 4 is 17.7 Å². The number of carbonyl (C=O) groups is 1. The molecule has 2 N–H and O–H groups in total. The molecule has 0 aromatic heterocycles. The lowest BCUT2D eigenvalue weighted by atomic mass is 9.35. The maximum atomic E-state index is 12.2. The molecule has 0 aromatic carbocycles. The maximum absolute atomic E-state index is 12.2. The number of aliphatic hydroxyl groups is 1. The summed E-state index contributed by atoms with van der Waals surface area (Å²) in [5, 5.41) is 22.1. The molecule has 0 aromatic rings. The normalized spacial score (nSPS) is 52.7. The molecule has 0 radical (unpaired) electrons. The Morgan fingerprint density at radius 3 is 2.52 bits per heavy atom. The molecule has 5 aliphatic carbocycles. The monoisotopic (exact) mass is 394 g/mol. The van der Waals surface area contributed by atoms with Crippen LogP contribution >= 0.6 is 11.8 Å². The van der Waals surface area contributed by atoms with Gasteiger partial charge in [0, 0.05) is 5.25 Å². The fraction of sp³-hybridized carbons (Fsp3) is 0.957. The van der Waals surface area contributed by atoms with Crippen LogP contribution in [0.2, 0.25) is 0 Å². The Labute approximate surface area is 169 Å². The molecule has 5 aliphatic rings. The van der Waals surface area contributed by atoms with Crippen LogP contribution in [0.25, 0.3) is 0 Å². The van der Waals surface area contributed by atoms with Crippen LogP contribution in [0.15, 0.2) is 0 Å². The van der Waals surface area contributed by atoms with Gasteiger partial charge in [-0.2, -0.15) is 11.8 Å². The summed E-state index contributed by atoms with van der Waals surface area (Å²) in [4.78, 5) is 12.2. The van der Waals surface area contributed by atoms with E-state index >= 15 is 0 Å². The van der Waals surface area contributed by atoms with Gasteiger partial charge in [0.25, 0.3) is 0 Å². The summed E-state index contributed by atoms with van der Waals surface area (Å²) in [6.45, 7) is 8.87. The number of thioether (sulfide) groups is 1. The third-order valence-electron chi connectivity index (χ3n) is 9.91. The number of rotatable bonds is 4. The molecule has 0 heterocycles. The quantitative estimate of drug-likeness (QED) is 0.674. The molecule has 5 rings (SSSR count). The third-order valence-corrected chi connectivity index (χ3v) is 11.1. The molecule has 0 aliphatic heterocycles. The second kappa shape index (κ2) is 6.39. The predicted molar refractivity (Wildman–Crippen MR) is 111 cm³/mol. The average molecular weight is 395 g/mol. The summed E-state index contributed by atoms with van der Waals surface area (Å²) >= 11 is 1.91. The van der Waals surface area contributed by atoms with Crippen molar-refractivity contribution < 1.29 is 15.0 Å². The van der Waals surface area contributed by atoms with Crippen LogP contribution in [-0.4, -0.2) is 32.8 Å². The Balaban J connectivity index is 1.68. The Morgan fingerprint density at radius 2 is 1.85 bits per heavy atom. The van der Waals surface area contributed by atoms with Gasteiger partial charge in [-0.1, -0.05) is 27.2 Å². The highest BCUT2D eigenvalue weighted by atomic mass is 32.2. The van der Waals surface area contributed by atoms with E-state index in [-0.39, 0.29) is 10.8 Å². The molecule has 8 atom stereocenters. The minimum Gasteiger partial charge on any atom is -0.481 e. The molecule has 0 amide bonds. The van der Waals surface area contributed by atoms with Crippen molar-refractivity contribution in [2.24, 2.45) is 34.0 Å². The lowest BCUT2D eigenvalue weighted by molar-refractivity contribution is -0.237. The fourth-order valence-corrected chi connectivity index (χ4v) is 9.62. The number of hydrogen-bond donors (Lipinski definition) is 2. The highest BCUT2D eigenvalue weighted by Gasteiger charge is 2.68. The highest BCUT2D eigenvalue weighted by molar-refractivity contribution is 7.99. The highest BCUT2D eigenvalue weighted by Crippen LogP contribution is 2.73. The minimum absolute atomic E-state index is 0.130. The van der Waals surface area contributed by atoms with Crippen LogP contribution in [0.5, 0.6) is 0 Å². The maximum Gasteiger partial charge on any atom is 0.309 e. The van der Waals surface area contributed by atoms with Crippen molar-refractivity contribution in [3.8, 4) is 0 Å². The van der Waals surface area contributed by atoms with Crippen LogP contribution in [0, 0.1) is 34.0 Å². The zero-order valence-corrected chi connectivity index (χ0v) is 18.4. The van der Waals surface area contributed by atoms with E-state index in [0.717, 1.165) is 44.3 Å². The standard InChI is InChI=1S/C23H38O3S/c1-5-27-15(2)23(26)14-22-11-7-16(23)13-18(22)20(3)9-6-10-21(4,19(24)25)17(20)8-12-22/h15-18,26H,5-14H2,1-4H3,(H,24,25). The zero-order valence-electron chi connectivity index (χ0n) is 17.6. The SMILES string of the molecule is CCSC(C)C1(O)CC23CCC4C(C)(C(=O)O)CCCC4(C)C2CC1CC3. The first kappa shape index (κ1) is 20.1. The topological polar surface area (TPSA) is 57.5 Å². The van der Waals surface area contributed by atoms with Gasteiger partial charge in [0.05, 0.1) is 11.0 Å². The molecule has 0 saturated heterocycles. The van der Waals surface area contributed by atoms with Gasteiger partial charge in [0.15, 0.2) is 0 Å². The van der Waals surface area contributed by atoms with Gasteiger partial charge in [0.2, 0.25) is 0 Å². The molecule has 3 nitrogen and oxygen atoms in total. The lowest BCUT2D eigenvalue weighted by Gasteiger charge is -2.70. The van der Waals surface area contributed by atoms with Crippen molar-refractivity contribution in [2.75, 3.05) is 5.75 Å². The third kappa shape index (κ3) is 2.61. The van der Waals surface area contributed by atoms with E-state index in [1.54, 1.807) is 0 Å². The summed E-state index contributed by atoms with van der Waals surface area (Å²) in [7, 11) is 0. The number of hydrogen-bond acceptors (Lipinski definition) is 3. The summed E-state index contributed by atoms with van der Waals surface area (Å²) in [5.74, 6) is 1.76. The van der Waals surface area contributed by atoms with Gasteiger partial charge in [-0.25, -0.2) is 0 Å². The predicted octanol–water partition coefficient (Wildman–Crippen LogP) is 5.36. The van der Waals surface area contributed by atoms with E-state index in [2.05, 4.69) is 20.8 Å². The first-order valence-electron chi connectivity index (χ1n) is 11.2. The molecule has 5 fully saturated rings. The van der Waals surface area contributed by atoms with Gasteiger partial charge >= 0.3 is 5.97 Å². The molecule has 1 spiro atoms. The Bertz CT molecular complexity index is 623. The number of carboxylic acid groups (broad SMARTS) is 1. The molecule has 27 heavy (non-hydrogen) atoms. The van der Waals surface area contributed by atoms with Crippen molar-refractivity contribution in [3.63, 3.8) is 0 Å². The van der Waals surface area contributed by atoms with E-state index in [9.17, 15) is 15.0 Å². The molecule has 5 saturated carbocycles. The molecule has 8 unspecified atom stereocenters. The smallest absolute Gasteiger partial charge is 0.309 e. The van der Waals surface area contributed by atoms with Crippen LogP contribution < -0.4 is 0 Å². The van der Waals surface area contributed by atoms with Gasteiger partial charge in [-0.05, 0) is 92.6 Å². The molecule has 2 bridgehead atoms. The van der Waals surface area contributed by atoms with Gasteiger partial charge in [0.1, 0.15) is 0 Å². The van der Waals surface area contributed by atoms with Gasteiger partial charge in [-0.15, -0.1) is 0 Å². The number of fused-ring (bicyclic) bond motifs is 3. The largest absolute Gasteiger partial charge is 0.481 e. The second-order valence-corrected chi connectivity index (χ2v) is 12.4. The summed E-state index contributed by atoms with van der Waals surface area (Å²) < 4.78 is 0. The van der Waals surface area contributed by atoms with Crippen LogP contribution in [0.1, 0.15) is 85.5 Å². The van der Waals surface area contributed by atoms with Gasteiger partial charge < -0.3 is 10.2 Å². The first-order chi connectivity index (χ1) is 12.6. The number of aliphatic carboxylic acids is 1. The minimum atomic E-state index is -0.584. The van der Waals surface area contributed by atoms with Crippen LogP contribution in [-0.2, 0) is 4.79 Å². The van der Waals surface area contributed by atoms with Gasteiger partial charge in [-0.3, -0.25) is 4.79 Å². The summed E-state index contributed by atoms with van der Waals surface area (Å²) in [6, 6.07) is 0. The van der Waals surface area contributed by atoms with Crippen LogP contribution in [0.4, 0.5) is 0 Å². The van der Waals surface area contributed by atoms with Crippen molar-refractivity contribution in [1.82, 2.24) is 0 Å². The van der Waals surface area contributed by atoms with Crippen molar-refractivity contribution in [1.29, 1.82) is 0 Å². The Kier molecular flexibility index (Phi) is 4.75. The average Bonchev–Trinajstić information content (AvgIpc) is 2.61. The molecule has 4 heteroatoms. The van der Waals surface area contributed by atoms with E-state index in [0.29, 0.717) is 23.0 Å². The van der Waals surface area contributed by atoms with Crippen molar-refractivity contribution in [2.45, 2.75) is 96.3 Å². The zero-order chi connectivity index (χ0) is 19.7. The second-order valence-electron chi connectivity index (χ2n) is 10.8. The summed E-state index contributed by atoms with van der Waals surface area (Å²) in [5.41, 5.74) is -0.713. The van der Waals surface area contributed by atoms with E-state index in [1.807, 2.05) is 18.7 Å². The lowest BCUT2D eigenvalue weighted by Crippen LogP contribution is -2.67. The van der Waals surface area contributed by atoms with Crippen molar-refractivity contribution in [3.05, 3.63) is 0 Å². The first-order valence-corrected chi connectivity index (χ1v) is 12.2. The molecule has 154 valence electrons. The fourth-order valence-electron chi connectivity index (χ4n) is 8.55. The molecular formula is C23H38O3S.